The first kappa shape index (κ1) is 13.0. The first-order valence-electron chi connectivity index (χ1n) is 5.22. The minimum atomic E-state index is -3.07. The molecule has 92 valence electrons. The predicted molar refractivity (Wildman–Crippen MR) is 63.9 cm³/mol. The second kappa shape index (κ2) is 5.86. The van der Waals surface area contributed by atoms with Gasteiger partial charge in [-0.15, -0.1) is 0 Å². The van der Waals surface area contributed by atoms with Crippen molar-refractivity contribution in [1.82, 2.24) is 14.3 Å². The van der Waals surface area contributed by atoms with Crippen molar-refractivity contribution in [2.24, 2.45) is 0 Å². The Morgan fingerprint density at radius 1 is 1.44 bits per heavy atom. The van der Waals surface area contributed by atoms with Crippen LogP contribution in [0, 0.1) is 0 Å². The molecule has 0 radical (unpaired) electrons. The molecule has 0 fully saturated rings. The summed E-state index contributed by atoms with van der Waals surface area (Å²) in [5.41, 5.74) is 0. The van der Waals surface area contributed by atoms with Crippen LogP contribution < -0.4 is 10.0 Å². The molecule has 0 amide bonds. The third-order valence-electron chi connectivity index (χ3n) is 2.06. The van der Waals surface area contributed by atoms with Gasteiger partial charge in [-0.1, -0.05) is 0 Å². The SMILES string of the molecule is CCn1ccnc1NCCCNS(C)(=O)=O. The molecule has 7 heteroatoms. The molecule has 2 N–H and O–H groups in total. The quantitative estimate of drug-likeness (QED) is 0.676. The zero-order valence-electron chi connectivity index (χ0n) is 9.60. The van der Waals surface area contributed by atoms with E-state index in [1.54, 1.807) is 6.20 Å². The monoisotopic (exact) mass is 246 g/mol. The van der Waals surface area contributed by atoms with Gasteiger partial charge in [0.25, 0.3) is 0 Å². The number of sulfonamides is 1. The maximum atomic E-state index is 10.8. The third kappa shape index (κ3) is 4.63. The van der Waals surface area contributed by atoms with Gasteiger partial charge in [-0.25, -0.2) is 18.1 Å². The molecule has 16 heavy (non-hydrogen) atoms. The lowest BCUT2D eigenvalue weighted by Gasteiger charge is -2.07. The van der Waals surface area contributed by atoms with Crippen LogP contribution >= 0.6 is 0 Å². The van der Waals surface area contributed by atoms with Crippen molar-refractivity contribution in [2.75, 3.05) is 24.7 Å². The second-order valence-corrected chi connectivity index (χ2v) is 5.32. The van der Waals surface area contributed by atoms with Crippen molar-refractivity contribution in [3.05, 3.63) is 12.4 Å². The number of aromatic nitrogens is 2. The van der Waals surface area contributed by atoms with E-state index in [-0.39, 0.29) is 0 Å². The Morgan fingerprint density at radius 2 is 2.19 bits per heavy atom. The van der Waals surface area contributed by atoms with Crippen LogP contribution in [-0.4, -0.2) is 37.3 Å². The first-order chi connectivity index (χ1) is 7.53. The van der Waals surface area contributed by atoms with E-state index in [2.05, 4.69) is 15.0 Å². The Bertz CT molecular complexity index is 413. The topological polar surface area (TPSA) is 76.0 Å². The molecule has 0 saturated carbocycles. The van der Waals surface area contributed by atoms with Gasteiger partial charge < -0.3 is 9.88 Å². The lowest BCUT2D eigenvalue weighted by molar-refractivity contribution is 0.586. The van der Waals surface area contributed by atoms with Gasteiger partial charge in [0.15, 0.2) is 0 Å². The second-order valence-electron chi connectivity index (χ2n) is 3.48. The highest BCUT2D eigenvalue weighted by molar-refractivity contribution is 7.88. The van der Waals surface area contributed by atoms with Crippen molar-refractivity contribution in [3.8, 4) is 0 Å². The van der Waals surface area contributed by atoms with E-state index in [4.69, 9.17) is 0 Å². The molecule has 1 aromatic heterocycles. The van der Waals surface area contributed by atoms with Gasteiger partial charge in [-0.3, -0.25) is 0 Å². The lowest BCUT2D eigenvalue weighted by atomic mass is 10.4. The molecule has 1 heterocycles. The molecular weight excluding hydrogens is 228 g/mol. The molecule has 0 aliphatic carbocycles. The van der Waals surface area contributed by atoms with E-state index in [0.29, 0.717) is 13.1 Å². The van der Waals surface area contributed by atoms with Crippen LogP contribution in [0.1, 0.15) is 13.3 Å². The molecule has 1 rings (SSSR count). The van der Waals surface area contributed by atoms with E-state index in [1.165, 1.54) is 0 Å². The zero-order valence-corrected chi connectivity index (χ0v) is 10.4. The fraction of sp³-hybridized carbons (Fsp3) is 0.667. The summed E-state index contributed by atoms with van der Waals surface area (Å²) in [5, 5.41) is 3.15. The van der Waals surface area contributed by atoms with Crippen LogP contribution in [0.25, 0.3) is 0 Å². The van der Waals surface area contributed by atoms with Crippen molar-refractivity contribution < 1.29 is 8.42 Å². The molecular formula is C9H18N4O2S. The Kier molecular flexibility index (Phi) is 4.75. The molecule has 0 saturated heterocycles. The maximum Gasteiger partial charge on any atom is 0.208 e. The normalized spacial score (nSPS) is 11.6. The molecule has 0 spiro atoms. The molecule has 0 aliphatic rings. The summed E-state index contributed by atoms with van der Waals surface area (Å²) in [6.07, 6.45) is 5.52. The van der Waals surface area contributed by atoms with E-state index >= 15 is 0 Å². The van der Waals surface area contributed by atoms with Gasteiger partial charge in [-0.2, -0.15) is 0 Å². The van der Waals surface area contributed by atoms with Gasteiger partial charge in [0, 0.05) is 32.0 Å². The summed E-state index contributed by atoms with van der Waals surface area (Å²) in [4.78, 5) is 4.15. The van der Waals surface area contributed by atoms with Crippen molar-refractivity contribution in [1.29, 1.82) is 0 Å². The van der Waals surface area contributed by atoms with E-state index in [1.807, 2.05) is 17.7 Å². The van der Waals surface area contributed by atoms with E-state index < -0.39 is 10.0 Å². The number of nitrogens with one attached hydrogen (secondary N) is 2. The molecule has 0 atom stereocenters. The van der Waals surface area contributed by atoms with Gasteiger partial charge >= 0.3 is 0 Å². The Morgan fingerprint density at radius 3 is 2.81 bits per heavy atom. The summed E-state index contributed by atoms with van der Waals surface area (Å²) in [7, 11) is -3.07. The maximum absolute atomic E-state index is 10.8. The van der Waals surface area contributed by atoms with E-state index in [9.17, 15) is 8.42 Å². The first-order valence-corrected chi connectivity index (χ1v) is 7.11. The van der Waals surface area contributed by atoms with Crippen LogP contribution in [0.4, 0.5) is 5.95 Å². The number of aryl methyl sites for hydroxylation is 1. The van der Waals surface area contributed by atoms with Crippen LogP contribution in [0.5, 0.6) is 0 Å². The van der Waals surface area contributed by atoms with Gasteiger partial charge in [0.05, 0.1) is 6.26 Å². The number of imidazole rings is 1. The fourth-order valence-electron chi connectivity index (χ4n) is 1.28. The minimum absolute atomic E-state index is 0.443. The molecule has 6 nitrogen and oxygen atoms in total. The summed E-state index contributed by atoms with van der Waals surface area (Å²) in [6, 6.07) is 0. The summed E-state index contributed by atoms with van der Waals surface area (Å²) < 4.78 is 26.0. The standard InChI is InChI=1S/C9H18N4O2S/c1-3-13-8-7-11-9(13)10-5-4-6-12-16(2,14)15/h7-8,12H,3-6H2,1-2H3,(H,10,11). The van der Waals surface area contributed by atoms with Crippen molar-refractivity contribution >= 4 is 16.0 Å². The Hall–Kier alpha value is -1.08. The van der Waals surface area contributed by atoms with Gasteiger partial charge in [0.2, 0.25) is 16.0 Å². The summed E-state index contributed by atoms with van der Waals surface area (Å²) in [6.45, 7) is 4.04. The number of hydrogen-bond donors (Lipinski definition) is 2. The van der Waals surface area contributed by atoms with Gasteiger partial charge in [0.1, 0.15) is 0 Å². The highest BCUT2D eigenvalue weighted by Crippen LogP contribution is 2.02. The number of hydrogen-bond acceptors (Lipinski definition) is 4. The molecule has 0 unspecified atom stereocenters. The average Bonchev–Trinajstić information content (AvgIpc) is 2.63. The predicted octanol–water partition coefficient (Wildman–Crippen LogP) is 0.254. The highest BCUT2D eigenvalue weighted by Gasteiger charge is 2.01. The molecule has 0 aliphatic heterocycles. The van der Waals surface area contributed by atoms with Gasteiger partial charge in [-0.05, 0) is 13.3 Å². The average molecular weight is 246 g/mol. The Labute approximate surface area is 96.1 Å². The number of anilines is 1. The summed E-state index contributed by atoms with van der Waals surface area (Å²) >= 11 is 0. The van der Waals surface area contributed by atoms with Crippen LogP contribution in [-0.2, 0) is 16.6 Å². The molecule has 1 aromatic rings. The van der Waals surface area contributed by atoms with Crippen LogP contribution in [0.3, 0.4) is 0 Å². The van der Waals surface area contributed by atoms with E-state index in [0.717, 1.165) is 25.2 Å². The van der Waals surface area contributed by atoms with Crippen LogP contribution in [0.15, 0.2) is 12.4 Å². The minimum Gasteiger partial charge on any atom is -0.356 e. The zero-order chi connectivity index (χ0) is 12.0. The summed E-state index contributed by atoms with van der Waals surface area (Å²) in [5.74, 6) is 0.821. The highest BCUT2D eigenvalue weighted by atomic mass is 32.2. The number of nitrogens with zero attached hydrogens (tertiary/aromatic N) is 2. The molecule has 0 aromatic carbocycles. The number of rotatable bonds is 7. The Balaban J connectivity index is 2.21. The van der Waals surface area contributed by atoms with Crippen molar-refractivity contribution in [2.45, 2.75) is 19.9 Å². The smallest absolute Gasteiger partial charge is 0.208 e. The largest absolute Gasteiger partial charge is 0.356 e. The van der Waals surface area contributed by atoms with Crippen molar-refractivity contribution in [3.63, 3.8) is 0 Å². The lowest BCUT2D eigenvalue weighted by Crippen LogP contribution is -2.24. The third-order valence-corrected chi connectivity index (χ3v) is 2.79. The molecule has 0 bridgehead atoms. The fourth-order valence-corrected chi connectivity index (χ4v) is 1.79. The van der Waals surface area contributed by atoms with Crippen LogP contribution in [0.2, 0.25) is 0 Å².